The second kappa shape index (κ2) is 11.4. The predicted octanol–water partition coefficient (Wildman–Crippen LogP) is 7.12. The summed E-state index contributed by atoms with van der Waals surface area (Å²) in [7, 11) is 0. The molecule has 0 saturated carbocycles. The van der Waals surface area contributed by atoms with Crippen LogP contribution in [0.25, 0.3) is 6.08 Å². The minimum Gasteiger partial charge on any atom is -0.487 e. The lowest BCUT2D eigenvalue weighted by molar-refractivity contribution is -0.127. The molecule has 3 aromatic carbocycles. The highest BCUT2D eigenvalue weighted by atomic mass is 79.9. The number of anilines is 1. The van der Waals surface area contributed by atoms with Crippen molar-refractivity contribution in [3.05, 3.63) is 96.7 Å². The van der Waals surface area contributed by atoms with Gasteiger partial charge in [-0.25, -0.2) is 0 Å². The number of hydrogen-bond donors (Lipinski definition) is 1. The van der Waals surface area contributed by atoms with E-state index in [1.807, 2.05) is 18.2 Å². The van der Waals surface area contributed by atoms with Crippen LogP contribution in [0, 0.1) is 0 Å². The number of nitrogens with zero attached hydrogens (tertiary/aromatic N) is 1. The summed E-state index contributed by atoms with van der Waals surface area (Å²) in [6.45, 7) is -0.0145. The highest BCUT2D eigenvalue weighted by molar-refractivity contribution is 9.11. The van der Waals surface area contributed by atoms with Gasteiger partial charge in [-0.2, -0.15) is 0 Å². The van der Waals surface area contributed by atoms with Crippen LogP contribution in [0.2, 0.25) is 5.02 Å². The largest absolute Gasteiger partial charge is 0.487 e. The van der Waals surface area contributed by atoms with Crippen molar-refractivity contribution in [2.45, 2.75) is 6.61 Å². The molecule has 3 amide bonds. The fourth-order valence-electron chi connectivity index (χ4n) is 3.19. The molecule has 1 N–H and O–H groups in total. The van der Waals surface area contributed by atoms with Gasteiger partial charge in [-0.3, -0.25) is 19.3 Å². The third-order valence-corrected chi connectivity index (χ3v) is 7.19. The third kappa shape index (κ3) is 6.55. The van der Waals surface area contributed by atoms with E-state index in [0.29, 0.717) is 37.6 Å². The number of nitrogens with one attached hydrogen (secondary N) is 1. The van der Waals surface area contributed by atoms with E-state index in [2.05, 4.69) is 37.2 Å². The summed E-state index contributed by atoms with van der Waals surface area (Å²) in [5.41, 5.74) is 2.23. The Hall–Kier alpha value is -2.59. The quantitative estimate of drug-likeness (QED) is 0.280. The molecule has 0 radical (unpaired) electrons. The molecule has 178 valence electrons. The summed E-state index contributed by atoms with van der Waals surface area (Å²) in [5, 5.41) is 2.83. The molecular weight excluding hydrogens is 620 g/mol. The smallest absolute Gasteiger partial charge is 0.294 e. The Balaban J connectivity index is 1.44. The van der Waals surface area contributed by atoms with Gasteiger partial charge in [-0.1, -0.05) is 41.9 Å². The van der Waals surface area contributed by atoms with Gasteiger partial charge in [0.15, 0.2) is 0 Å². The highest BCUT2D eigenvalue weighted by Gasteiger charge is 2.36. The van der Waals surface area contributed by atoms with Gasteiger partial charge in [0.2, 0.25) is 5.91 Å². The SMILES string of the molecule is O=C(CN1C(=O)S/C(=C\c2cc(Br)c(OCc3ccc(Cl)cc3)c(Br)c2)C1=O)Nc1ccccc1. The molecule has 1 saturated heterocycles. The summed E-state index contributed by atoms with van der Waals surface area (Å²) in [6, 6.07) is 19.8. The lowest BCUT2D eigenvalue weighted by atomic mass is 10.2. The number of thioether (sulfide) groups is 1. The van der Waals surface area contributed by atoms with Crippen molar-refractivity contribution in [1.82, 2.24) is 4.90 Å². The Morgan fingerprint density at radius 3 is 2.34 bits per heavy atom. The monoisotopic (exact) mass is 634 g/mol. The van der Waals surface area contributed by atoms with Gasteiger partial charge in [0.25, 0.3) is 11.1 Å². The lowest BCUT2D eigenvalue weighted by Crippen LogP contribution is -2.36. The predicted molar refractivity (Wildman–Crippen MR) is 145 cm³/mol. The summed E-state index contributed by atoms with van der Waals surface area (Å²) in [5.74, 6) is -0.367. The third-order valence-electron chi connectivity index (χ3n) is 4.85. The molecule has 0 aliphatic carbocycles. The van der Waals surface area contributed by atoms with Crippen LogP contribution in [0.5, 0.6) is 5.75 Å². The number of hydrogen-bond acceptors (Lipinski definition) is 5. The van der Waals surface area contributed by atoms with Crippen molar-refractivity contribution in [3.63, 3.8) is 0 Å². The normalized spacial score (nSPS) is 14.5. The minimum absolute atomic E-state index is 0.233. The van der Waals surface area contributed by atoms with Crippen LogP contribution < -0.4 is 10.1 Å². The standard InChI is InChI=1S/C25H17Br2ClN2O4S/c26-19-10-16(11-20(27)23(19)34-14-15-6-8-17(28)9-7-15)12-21-24(32)30(25(33)35-21)13-22(31)29-18-4-2-1-3-5-18/h1-12H,13-14H2,(H,29,31)/b21-12-. The van der Waals surface area contributed by atoms with Gasteiger partial charge in [0.1, 0.15) is 18.9 Å². The molecule has 35 heavy (non-hydrogen) atoms. The van der Waals surface area contributed by atoms with Crippen LogP contribution in [-0.4, -0.2) is 28.5 Å². The van der Waals surface area contributed by atoms with E-state index in [1.165, 1.54) is 0 Å². The van der Waals surface area contributed by atoms with Gasteiger partial charge in [0.05, 0.1) is 13.9 Å². The molecule has 10 heteroatoms. The van der Waals surface area contributed by atoms with E-state index in [-0.39, 0.29) is 11.4 Å². The maximum atomic E-state index is 12.8. The van der Waals surface area contributed by atoms with Gasteiger partial charge >= 0.3 is 0 Å². The molecule has 1 aliphatic heterocycles. The molecule has 0 unspecified atom stereocenters. The highest BCUT2D eigenvalue weighted by Crippen LogP contribution is 2.38. The molecule has 0 bridgehead atoms. The topological polar surface area (TPSA) is 75.7 Å². The van der Waals surface area contributed by atoms with Crippen molar-refractivity contribution < 1.29 is 19.1 Å². The molecule has 0 aromatic heterocycles. The molecule has 1 heterocycles. The van der Waals surface area contributed by atoms with E-state index >= 15 is 0 Å². The van der Waals surface area contributed by atoms with E-state index in [0.717, 1.165) is 22.2 Å². The van der Waals surface area contributed by atoms with Crippen LogP contribution in [-0.2, 0) is 16.2 Å². The number of imide groups is 1. The van der Waals surface area contributed by atoms with Crippen molar-refractivity contribution in [3.8, 4) is 5.75 Å². The Morgan fingerprint density at radius 2 is 1.69 bits per heavy atom. The van der Waals surface area contributed by atoms with E-state index in [9.17, 15) is 14.4 Å². The van der Waals surface area contributed by atoms with E-state index in [1.54, 1.807) is 54.6 Å². The number of rotatable bonds is 7. The van der Waals surface area contributed by atoms with Crippen LogP contribution in [0.4, 0.5) is 10.5 Å². The Bertz CT molecular complexity index is 1290. The van der Waals surface area contributed by atoms with Crippen molar-refractivity contribution >= 4 is 84.0 Å². The molecule has 4 rings (SSSR count). The van der Waals surface area contributed by atoms with Crippen molar-refractivity contribution in [2.75, 3.05) is 11.9 Å². The summed E-state index contributed by atoms with van der Waals surface area (Å²) >= 11 is 13.7. The Kier molecular flexibility index (Phi) is 8.33. The molecular formula is C25H17Br2ClN2O4S. The number of carbonyl (C=O) groups is 3. The number of para-hydroxylation sites is 1. The van der Waals surface area contributed by atoms with Crippen molar-refractivity contribution in [2.24, 2.45) is 0 Å². The number of benzene rings is 3. The van der Waals surface area contributed by atoms with Gasteiger partial charge < -0.3 is 10.1 Å². The van der Waals surface area contributed by atoms with Crippen molar-refractivity contribution in [1.29, 1.82) is 0 Å². The summed E-state index contributed by atoms with van der Waals surface area (Å²) in [4.78, 5) is 38.7. The van der Waals surface area contributed by atoms with E-state index in [4.69, 9.17) is 16.3 Å². The second-order valence-corrected chi connectivity index (χ2v) is 10.5. The first-order chi connectivity index (χ1) is 16.8. The van der Waals surface area contributed by atoms with Crippen LogP contribution in [0.15, 0.2) is 80.6 Å². The van der Waals surface area contributed by atoms with Gasteiger partial charge in [-0.05, 0) is 97.2 Å². The zero-order chi connectivity index (χ0) is 24.9. The molecule has 3 aromatic rings. The maximum absolute atomic E-state index is 12.8. The first kappa shape index (κ1) is 25.5. The summed E-state index contributed by atoms with van der Waals surface area (Å²) < 4.78 is 7.28. The minimum atomic E-state index is -0.515. The lowest BCUT2D eigenvalue weighted by Gasteiger charge is -2.12. The zero-order valence-electron chi connectivity index (χ0n) is 18.0. The van der Waals surface area contributed by atoms with E-state index < -0.39 is 17.1 Å². The number of carbonyl (C=O) groups excluding carboxylic acids is 3. The second-order valence-electron chi connectivity index (χ2n) is 7.41. The molecule has 1 aliphatic rings. The molecule has 6 nitrogen and oxygen atoms in total. The first-order valence-corrected chi connectivity index (χ1v) is 13.0. The number of ether oxygens (including phenoxy) is 1. The fourth-order valence-corrected chi connectivity index (χ4v) is 5.61. The average molecular weight is 637 g/mol. The maximum Gasteiger partial charge on any atom is 0.294 e. The molecule has 0 atom stereocenters. The summed E-state index contributed by atoms with van der Waals surface area (Å²) in [6.07, 6.45) is 1.61. The average Bonchev–Trinajstić information content (AvgIpc) is 3.07. The number of amides is 3. The van der Waals surface area contributed by atoms with Crippen LogP contribution in [0.3, 0.4) is 0 Å². The van der Waals surface area contributed by atoms with Gasteiger partial charge in [0, 0.05) is 10.7 Å². The van der Waals surface area contributed by atoms with Crippen LogP contribution >= 0.6 is 55.2 Å². The fraction of sp³-hybridized carbons (Fsp3) is 0.0800. The Morgan fingerprint density at radius 1 is 1.03 bits per heavy atom. The van der Waals surface area contributed by atoms with Gasteiger partial charge in [-0.15, -0.1) is 0 Å². The Labute approximate surface area is 227 Å². The zero-order valence-corrected chi connectivity index (χ0v) is 22.7. The molecule has 1 fully saturated rings. The first-order valence-electron chi connectivity index (χ1n) is 10.3. The number of halogens is 3. The molecule has 0 spiro atoms. The van der Waals surface area contributed by atoms with Crippen LogP contribution in [0.1, 0.15) is 11.1 Å².